The molecule has 0 aromatic heterocycles. The van der Waals surface area contributed by atoms with Crippen LogP contribution in [0.5, 0.6) is 0 Å². The van der Waals surface area contributed by atoms with Crippen molar-refractivity contribution in [2.75, 3.05) is 40.4 Å². The van der Waals surface area contributed by atoms with Crippen LogP contribution < -0.4 is 5.32 Å². The van der Waals surface area contributed by atoms with Crippen LogP contribution in [0.4, 0.5) is 0 Å². The highest BCUT2D eigenvalue weighted by atomic mass is 35.5. The van der Waals surface area contributed by atoms with Crippen LogP contribution in [0.2, 0.25) is 0 Å². The molecular weight excluding hydrogens is 228 g/mol. The van der Waals surface area contributed by atoms with E-state index in [-0.39, 0.29) is 18.3 Å². The average Bonchev–Trinajstić information content (AvgIpc) is 2.27. The molecule has 0 bridgehead atoms. The normalized spacial score (nSPS) is 17.0. The van der Waals surface area contributed by atoms with Crippen LogP contribution in [0, 0.1) is 5.92 Å². The third-order valence-electron chi connectivity index (χ3n) is 2.98. The van der Waals surface area contributed by atoms with Gasteiger partial charge in [0.15, 0.2) is 0 Å². The lowest BCUT2D eigenvalue weighted by Crippen LogP contribution is -2.40. The molecule has 1 N–H and O–H groups in total. The molecule has 0 unspecified atom stereocenters. The smallest absolute Gasteiger partial charge is 0.224 e. The Balaban J connectivity index is 0.00000225. The highest BCUT2D eigenvalue weighted by molar-refractivity contribution is 5.85. The maximum absolute atomic E-state index is 11.7. The van der Waals surface area contributed by atoms with Crippen LogP contribution in [0.15, 0.2) is 0 Å². The zero-order valence-corrected chi connectivity index (χ0v) is 11.0. The molecule has 1 heterocycles. The minimum absolute atomic E-state index is 0. The Kier molecular flexibility index (Phi) is 8.61. The summed E-state index contributed by atoms with van der Waals surface area (Å²) in [5.41, 5.74) is 0. The Bertz CT molecular complexity index is 194. The molecule has 1 aliphatic rings. The summed E-state index contributed by atoms with van der Waals surface area (Å²) < 4.78 is 4.91. The van der Waals surface area contributed by atoms with Crippen molar-refractivity contribution in [3.05, 3.63) is 0 Å². The summed E-state index contributed by atoms with van der Waals surface area (Å²) in [7, 11) is 3.61. The lowest BCUT2D eigenvalue weighted by Gasteiger charge is -2.32. The first kappa shape index (κ1) is 15.7. The van der Waals surface area contributed by atoms with Gasteiger partial charge in [-0.3, -0.25) is 4.79 Å². The highest BCUT2D eigenvalue weighted by Crippen LogP contribution is 2.16. The maximum atomic E-state index is 11.7. The van der Waals surface area contributed by atoms with Crippen LogP contribution in [0.1, 0.15) is 19.3 Å². The number of piperidine rings is 1. The average molecular weight is 251 g/mol. The summed E-state index contributed by atoms with van der Waals surface area (Å²) in [6.07, 6.45) is 2.77. The van der Waals surface area contributed by atoms with Crippen molar-refractivity contribution in [3.8, 4) is 0 Å². The minimum atomic E-state index is 0. The Morgan fingerprint density at radius 2 is 2.06 bits per heavy atom. The van der Waals surface area contributed by atoms with E-state index in [2.05, 4.69) is 5.32 Å². The van der Waals surface area contributed by atoms with E-state index in [0.29, 0.717) is 13.0 Å². The molecule has 0 radical (unpaired) electrons. The van der Waals surface area contributed by atoms with E-state index in [1.807, 2.05) is 11.9 Å². The first-order chi connectivity index (χ1) is 7.27. The quantitative estimate of drug-likeness (QED) is 0.789. The summed E-state index contributed by atoms with van der Waals surface area (Å²) in [6, 6.07) is 0. The van der Waals surface area contributed by atoms with Gasteiger partial charge in [0.25, 0.3) is 0 Å². The van der Waals surface area contributed by atoms with Gasteiger partial charge in [-0.2, -0.15) is 0 Å². The topological polar surface area (TPSA) is 41.6 Å². The summed E-state index contributed by atoms with van der Waals surface area (Å²) >= 11 is 0. The third-order valence-corrected chi connectivity index (χ3v) is 2.98. The molecule has 1 fully saturated rings. The van der Waals surface area contributed by atoms with Crippen molar-refractivity contribution in [3.63, 3.8) is 0 Å². The molecule has 0 aliphatic carbocycles. The molecule has 16 heavy (non-hydrogen) atoms. The largest absolute Gasteiger partial charge is 0.384 e. The van der Waals surface area contributed by atoms with Crippen molar-refractivity contribution < 1.29 is 9.53 Å². The Morgan fingerprint density at radius 1 is 1.44 bits per heavy atom. The highest BCUT2D eigenvalue weighted by Gasteiger charge is 2.21. The maximum Gasteiger partial charge on any atom is 0.224 e. The number of carbonyl (C=O) groups is 1. The Morgan fingerprint density at radius 3 is 2.56 bits per heavy atom. The van der Waals surface area contributed by atoms with Gasteiger partial charge in [0.2, 0.25) is 5.91 Å². The van der Waals surface area contributed by atoms with E-state index in [4.69, 9.17) is 4.74 Å². The lowest BCUT2D eigenvalue weighted by atomic mass is 9.97. The molecule has 4 nitrogen and oxygen atoms in total. The Labute approximate surface area is 104 Å². The van der Waals surface area contributed by atoms with Crippen LogP contribution in [-0.2, 0) is 9.53 Å². The van der Waals surface area contributed by atoms with E-state index < -0.39 is 0 Å². The van der Waals surface area contributed by atoms with Gasteiger partial charge in [0.1, 0.15) is 0 Å². The molecule has 1 saturated heterocycles. The van der Waals surface area contributed by atoms with Gasteiger partial charge in [0.05, 0.1) is 13.0 Å². The van der Waals surface area contributed by atoms with E-state index in [9.17, 15) is 4.79 Å². The summed E-state index contributed by atoms with van der Waals surface area (Å²) in [4.78, 5) is 13.6. The first-order valence-electron chi connectivity index (χ1n) is 5.69. The number of carbonyl (C=O) groups excluding carboxylic acids is 1. The number of likely N-dealkylation sites (tertiary alicyclic amines) is 1. The number of nitrogens with zero attached hydrogens (tertiary/aromatic N) is 1. The van der Waals surface area contributed by atoms with E-state index >= 15 is 0 Å². The fraction of sp³-hybridized carbons (Fsp3) is 0.909. The fourth-order valence-corrected chi connectivity index (χ4v) is 2.02. The molecule has 0 saturated carbocycles. The van der Waals surface area contributed by atoms with Gasteiger partial charge < -0.3 is 15.0 Å². The first-order valence-corrected chi connectivity index (χ1v) is 5.69. The van der Waals surface area contributed by atoms with Gasteiger partial charge >= 0.3 is 0 Å². The zero-order chi connectivity index (χ0) is 11.1. The standard InChI is InChI=1S/C11H22N2O2.ClH/c1-12-9-10-3-6-13(7-4-10)11(14)5-8-15-2;/h10,12H,3-9H2,1-2H3;1H. The van der Waals surface area contributed by atoms with Crippen molar-refractivity contribution in [2.45, 2.75) is 19.3 Å². The van der Waals surface area contributed by atoms with E-state index in [1.54, 1.807) is 7.11 Å². The van der Waals surface area contributed by atoms with Gasteiger partial charge in [-0.25, -0.2) is 0 Å². The van der Waals surface area contributed by atoms with Gasteiger partial charge in [-0.1, -0.05) is 0 Å². The summed E-state index contributed by atoms with van der Waals surface area (Å²) in [6.45, 7) is 3.43. The molecule has 0 aromatic carbocycles. The molecule has 0 spiro atoms. The second kappa shape index (κ2) is 8.79. The van der Waals surface area contributed by atoms with Crippen molar-refractivity contribution in [1.29, 1.82) is 0 Å². The van der Waals surface area contributed by atoms with Gasteiger partial charge in [-0.15, -0.1) is 12.4 Å². The monoisotopic (exact) mass is 250 g/mol. The molecule has 96 valence electrons. The van der Waals surface area contributed by atoms with E-state index in [0.717, 1.165) is 38.4 Å². The van der Waals surface area contributed by atoms with Crippen LogP contribution in [0.3, 0.4) is 0 Å². The number of ether oxygens (including phenoxy) is 1. The predicted molar refractivity (Wildman–Crippen MR) is 67.0 cm³/mol. The van der Waals surface area contributed by atoms with Crippen molar-refractivity contribution in [2.24, 2.45) is 5.92 Å². The molecule has 5 heteroatoms. The van der Waals surface area contributed by atoms with Crippen molar-refractivity contribution >= 4 is 18.3 Å². The molecule has 0 aromatic rings. The summed E-state index contributed by atoms with van der Waals surface area (Å²) in [5, 5.41) is 3.19. The molecule has 1 rings (SSSR count). The van der Waals surface area contributed by atoms with Gasteiger partial charge in [-0.05, 0) is 32.4 Å². The molecule has 1 aliphatic heterocycles. The number of methoxy groups -OCH3 is 1. The van der Waals surface area contributed by atoms with Crippen LogP contribution in [0.25, 0.3) is 0 Å². The number of amides is 1. The van der Waals surface area contributed by atoms with Gasteiger partial charge in [0, 0.05) is 20.2 Å². The fourth-order valence-electron chi connectivity index (χ4n) is 2.02. The molecule has 1 amide bonds. The SMILES string of the molecule is CNCC1CCN(C(=O)CCOC)CC1.Cl. The minimum Gasteiger partial charge on any atom is -0.384 e. The summed E-state index contributed by atoms with van der Waals surface area (Å²) in [5.74, 6) is 0.973. The number of halogens is 1. The predicted octanol–water partition coefficient (Wildman–Crippen LogP) is 0.903. The number of hydrogen-bond acceptors (Lipinski definition) is 3. The number of hydrogen-bond donors (Lipinski definition) is 1. The van der Waals surface area contributed by atoms with E-state index in [1.165, 1.54) is 0 Å². The third kappa shape index (κ3) is 5.14. The second-order valence-corrected chi connectivity index (χ2v) is 4.12. The number of nitrogens with one attached hydrogen (secondary N) is 1. The molecular formula is C11H23ClN2O2. The van der Waals surface area contributed by atoms with Crippen LogP contribution >= 0.6 is 12.4 Å². The Hall–Kier alpha value is -0.320. The zero-order valence-electron chi connectivity index (χ0n) is 10.2. The van der Waals surface area contributed by atoms with Crippen molar-refractivity contribution in [1.82, 2.24) is 10.2 Å². The lowest BCUT2D eigenvalue weighted by molar-refractivity contribution is -0.133. The second-order valence-electron chi connectivity index (χ2n) is 4.12. The van der Waals surface area contributed by atoms with Crippen LogP contribution in [-0.4, -0.2) is 51.2 Å². The number of rotatable bonds is 5. The molecule has 0 atom stereocenters.